The molecule has 67 heavy (non-hydrogen) atoms. The van der Waals surface area contributed by atoms with Gasteiger partial charge in [-0.25, -0.2) is 28.8 Å². The Balaban J connectivity index is 2.46. The predicted molar refractivity (Wildman–Crippen MR) is 252 cm³/mol. The molecule has 0 heterocycles. The van der Waals surface area contributed by atoms with Gasteiger partial charge in [-0.15, -0.1) is 0 Å². The van der Waals surface area contributed by atoms with Crippen LogP contribution < -0.4 is 26.0 Å². The monoisotopic (exact) mass is 948 g/mol. The molecular weight excluding hydrogens is 871 g/mol. The van der Waals surface area contributed by atoms with E-state index < -0.39 is 54.1 Å². The van der Waals surface area contributed by atoms with Gasteiger partial charge in [0.05, 0.1) is 0 Å². The molecule has 1 rings (SSSR count). The average molecular weight is 948 g/mol. The third-order valence-electron chi connectivity index (χ3n) is 9.96. The van der Waals surface area contributed by atoms with Crippen molar-refractivity contribution in [1.82, 2.24) is 21.3 Å². The van der Waals surface area contributed by atoms with Gasteiger partial charge in [0, 0.05) is 42.9 Å². The zero-order valence-electron chi connectivity index (χ0n) is 41.7. The summed E-state index contributed by atoms with van der Waals surface area (Å²) in [6, 6.07) is 6.61. The van der Waals surface area contributed by atoms with Gasteiger partial charge in [0.25, 0.3) is 0 Å². The van der Waals surface area contributed by atoms with Crippen molar-refractivity contribution >= 4 is 42.0 Å². The van der Waals surface area contributed by atoms with Crippen LogP contribution in [-0.4, -0.2) is 118 Å². The van der Waals surface area contributed by atoms with E-state index in [1.165, 1.54) is 27.7 Å². The largest absolute Gasteiger partial charge is 0.490 e. The number of nitrogens with zero attached hydrogens (tertiary/aromatic N) is 1. The molecule has 0 radical (unpaired) electrons. The SMILES string of the molecule is C=C(C)C(=O)OCC(C)OC(=O)NCC(C)CCC(C)(C)CNC(=O)OCCOc1ccc(/C(=N/OC(=O)NCC(C)(C)CCC(C)CNC(=O)OC(C)COC(=O)C(=C)C)C(C)(C)O)cc1. The molecule has 0 aliphatic heterocycles. The zero-order chi connectivity index (χ0) is 51.0. The van der Waals surface area contributed by atoms with Crippen molar-refractivity contribution in [3.63, 3.8) is 0 Å². The van der Waals surface area contributed by atoms with Gasteiger partial charge in [-0.2, -0.15) is 0 Å². The fourth-order valence-corrected chi connectivity index (χ4v) is 5.63. The maximum atomic E-state index is 12.7. The van der Waals surface area contributed by atoms with Crippen LogP contribution in [0.15, 0.2) is 53.7 Å². The smallest absolute Gasteiger partial charge is 0.433 e. The van der Waals surface area contributed by atoms with E-state index in [2.05, 4.69) is 39.6 Å². The number of rotatable bonds is 29. The number of carbonyl (C=O) groups excluding carboxylic acids is 6. The third-order valence-corrected chi connectivity index (χ3v) is 9.96. The van der Waals surface area contributed by atoms with Crippen molar-refractivity contribution in [2.24, 2.45) is 27.8 Å². The van der Waals surface area contributed by atoms with Crippen molar-refractivity contribution in [3.8, 4) is 5.75 Å². The van der Waals surface area contributed by atoms with Crippen LogP contribution in [0.2, 0.25) is 0 Å². The highest BCUT2D eigenvalue weighted by atomic mass is 16.7. The molecule has 1 aromatic rings. The van der Waals surface area contributed by atoms with Crippen LogP contribution in [0.25, 0.3) is 0 Å². The maximum absolute atomic E-state index is 12.7. The molecule has 0 fully saturated rings. The summed E-state index contributed by atoms with van der Waals surface area (Å²) in [4.78, 5) is 77.6. The zero-order valence-corrected chi connectivity index (χ0v) is 41.7. The first kappa shape index (κ1) is 59.2. The Kier molecular flexibility index (Phi) is 25.6. The van der Waals surface area contributed by atoms with E-state index in [4.69, 9.17) is 33.3 Å². The molecule has 0 saturated carbocycles. The fraction of sp³-hybridized carbons (Fsp3) is 0.646. The predicted octanol–water partition coefficient (Wildman–Crippen LogP) is 7.35. The normalized spacial score (nSPS) is 13.6. The summed E-state index contributed by atoms with van der Waals surface area (Å²) in [5.41, 5.74) is -0.937. The van der Waals surface area contributed by atoms with Gasteiger partial charge in [0.15, 0.2) is 0 Å². The Morgan fingerprint density at radius 3 is 1.48 bits per heavy atom. The number of amides is 4. The van der Waals surface area contributed by atoms with Gasteiger partial charge in [0.1, 0.15) is 55.7 Å². The van der Waals surface area contributed by atoms with E-state index in [1.54, 1.807) is 38.1 Å². The third kappa shape index (κ3) is 27.4. The summed E-state index contributed by atoms with van der Waals surface area (Å²) in [7, 11) is 0. The lowest BCUT2D eigenvalue weighted by atomic mass is 9.85. The van der Waals surface area contributed by atoms with E-state index in [0.29, 0.717) is 37.4 Å². The number of oxime groups is 1. The molecule has 5 N–H and O–H groups in total. The highest BCUT2D eigenvalue weighted by molar-refractivity contribution is 6.06. The number of nitrogens with one attached hydrogen (secondary N) is 4. The number of carbonyl (C=O) groups is 6. The molecule has 0 aromatic heterocycles. The van der Waals surface area contributed by atoms with Crippen LogP contribution in [-0.2, 0) is 38.1 Å². The molecule has 0 aliphatic carbocycles. The number of ether oxygens (including phenoxy) is 6. The first-order valence-corrected chi connectivity index (χ1v) is 22.5. The second-order valence-corrected chi connectivity index (χ2v) is 19.2. The second kappa shape index (κ2) is 29.0. The van der Waals surface area contributed by atoms with Gasteiger partial charge in [0.2, 0.25) is 0 Å². The Morgan fingerprint density at radius 1 is 0.627 bits per heavy atom. The Hall–Kier alpha value is -5.85. The van der Waals surface area contributed by atoms with Crippen LogP contribution in [0.1, 0.15) is 114 Å². The van der Waals surface area contributed by atoms with Gasteiger partial charge < -0.3 is 54.8 Å². The van der Waals surface area contributed by atoms with Crippen molar-refractivity contribution in [1.29, 1.82) is 0 Å². The van der Waals surface area contributed by atoms with E-state index >= 15 is 0 Å². The number of hydrogen-bond donors (Lipinski definition) is 5. The van der Waals surface area contributed by atoms with Gasteiger partial charge in [-0.3, -0.25) is 4.84 Å². The van der Waals surface area contributed by atoms with Crippen LogP contribution in [0, 0.1) is 22.7 Å². The van der Waals surface area contributed by atoms with Crippen LogP contribution >= 0.6 is 0 Å². The maximum Gasteiger partial charge on any atom is 0.433 e. The van der Waals surface area contributed by atoms with Crippen LogP contribution in [0.5, 0.6) is 5.75 Å². The minimum Gasteiger partial charge on any atom is -0.490 e. The van der Waals surface area contributed by atoms with Crippen LogP contribution in [0.3, 0.4) is 0 Å². The number of alkyl carbamates (subject to hydrolysis) is 3. The van der Waals surface area contributed by atoms with E-state index in [9.17, 15) is 33.9 Å². The van der Waals surface area contributed by atoms with Crippen LogP contribution in [0.4, 0.5) is 19.2 Å². The minimum atomic E-state index is -1.47. The van der Waals surface area contributed by atoms with E-state index in [-0.39, 0.29) is 72.5 Å². The fourth-order valence-electron chi connectivity index (χ4n) is 5.63. The highest BCUT2D eigenvalue weighted by Gasteiger charge is 2.26. The van der Waals surface area contributed by atoms with Crippen molar-refractivity contribution < 1.29 is 67.1 Å². The number of benzene rings is 1. The summed E-state index contributed by atoms with van der Waals surface area (Å²) in [6.07, 6.45) is -0.844. The first-order valence-electron chi connectivity index (χ1n) is 22.5. The molecular formula is C48H77N5O14. The minimum absolute atomic E-state index is 0.0109. The van der Waals surface area contributed by atoms with E-state index in [1.807, 2.05) is 41.5 Å². The lowest BCUT2D eigenvalue weighted by Crippen LogP contribution is -2.36. The molecule has 4 unspecified atom stereocenters. The van der Waals surface area contributed by atoms with E-state index in [0.717, 1.165) is 19.3 Å². The average Bonchev–Trinajstić information content (AvgIpc) is 3.24. The molecule has 0 bridgehead atoms. The second-order valence-electron chi connectivity index (χ2n) is 19.2. The summed E-state index contributed by atoms with van der Waals surface area (Å²) < 4.78 is 31.5. The van der Waals surface area contributed by atoms with Crippen molar-refractivity contribution in [2.75, 3.05) is 52.6 Å². The molecule has 378 valence electrons. The Labute approximate surface area is 396 Å². The summed E-state index contributed by atoms with van der Waals surface area (Å²) in [5, 5.41) is 25.8. The number of aliphatic hydroxyl groups is 1. The quantitative estimate of drug-likeness (QED) is 0.0100. The molecule has 4 amide bonds. The van der Waals surface area contributed by atoms with Gasteiger partial charge in [-0.05, 0) is 114 Å². The lowest BCUT2D eigenvalue weighted by molar-refractivity contribution is -0.142. The summed E-state index contributed by atoms with van der Waals surface area (Å²) in [5.74, 6) is -0.391. The molecule has 0 saturated heterocycles. The molecule has 1 aromatic carbocycles. The molecule has 4 atom stereocenters. The molecule has 19 nitrogen and oxygen atoms in total. The standard InChI is InChI=1S/C48H77N5O14/c1-31(2)40(54)63-27-35(7)65-43(57)49-25-33(5)19-21-46(9,10)29-51-42(56)62-24-23-61-38-17-15-37(16-18-38)39(48(13,14)60)53-67-45(59)52-30-47(11,12)22-20-34(6)26-50-44(58)66-36(8)28-64-41(55)32(3)4/h15-18,33-36,60H,1,3,19-30H2,2,4-14H3,(H,49,57)(H,50,58)(H,51,56)(H,52,59)/b53-39-. The Morgan fingerprint density at radius 2 is 1.06 bits per heavy atom. The molecule has 0 aliphatic rings. The van der Waals surface area contributed by atoms with Crippen molar-refractivity contribution in [3.05, 3.63) is 54.1 Å². The summed E-state index contributed by atoms with van der Waals surface area (Å²) in [6.45, 7) is 29.7. The first-order chi connectivity index (χ1) is 31.1. The molecule has 19 heteroatoms. The summed E-state index contributed by atoms with van der Waals surface area (Å²) >= 11 is 0. The van der Waals surface area contributed by atoms with Gasteiger partial charge >= 0.3 is 36.3 Å². The number of esters is 2. The number of hydrogen-bond acceptors (Lipinski definition) is 15. The topological polar surface area (TPSA) is 248 Å². The highest BCUT2D eigenvalue weighted by Crippen LogP contribution is 2.25. The lowest BCUT2D eigenvalue weighted by Gasteiger charge is -2.26. The Bertz CT molecular complexity index is 1820. The molecule has 0 spiro atoms. The van der Waals surface area contributed by atoms with Gasteiger partial charge in [-0.1, -0.05) is 59.9 Å². The van der Waals surface area contributed by atoms with Crippen molar-refractivity contribution in [2.45, 2.75) is 127 Å².